The highest BCUT2D eigenvalue weighted by Gasteiger charge is 2.47. The number of rotatable bonds is 5. The number of pyridine rings is 1. The minimum atomic E-state index is -0.995. The van der Waals surface area contributed by atoms with Crippen molar-refractivity contribution >= 4 is 23.7 Å². The van der Waals surface area contributed by atoms with Crippen molar-refractivity contribution in [2.75, 3.05) is 43.2 Å². The summed E-state index contributed by atoms with van der Waals surface area (Å²) in [5.74, 6) is 2.03. The molecular formula is C22H30N6O3. The molecule has 2 aliphatic heterocycles. The van der Waals surface area contributed by atoms with Crippen LogP contribution in [0.5, 0.6) is 0 Å². The summed E-state index contributed by atoms with van der Waals surface area (Å²) in [7, 11) is 0. The average molecular weight is 427 g/mol. The Bertz CT molecular complexity index is 933. The van der Waals surface area contributed by atoms with Crippen LogP contribution in [0.3, 0.4) is 0 Å². The van der Waals surface area contributed by atoms with E-state index < -0.39 is 5.60 Å². The first-order valence-electron chi connectivity index (χ1n) is 11.0. The summed E-state index contributed by atoms with van der Waals surface area (Å²) >= 11 is 0. The third-order valence-corrected chi connectivity index (χ3v) is 7.06. The minimum absolute atomic E-state index is 0.177. The van der Waals surface area contributed by atoms with Gasteiger partial charge >= 0.3 is 0 Å². The number of anilines is 3. The highest BCUT2D eigenvalue weighted by molar-refractivity contribution is 5.89. The van der Waals surface area contributed by atoms with Gasteiger partial charge in [0.05, 0.1) is 44.3 Å². The predicted octanol–water partition coefficient (Wildman–Crippen LogP) is 2.55. The second-order valence-corrected chi connectivity index (χ2v) is 9.17. The molecule has 9 nitrogen and oxygen atoms in total. The molecule has 1 atom stereocenters. The van der Waals surface area contributed by atoms with Crippen LogP contribution < -0.4 is 10.2 Å². The van der Waals surface area contributed by atoms with E-state index in [1.165, 1.54) is 6.21 Å². The number of ether oxygens (including phenoxy) is 2. The van der Waals surface area contributed by atoms with E-state index in [2.05, 4.69) is 27.3 Å². The monoisotopic (exact) mass is 426 g/mol. The maximum atomic E-state index is 11.8. The van der Waals surface area contributed by atoms with E-state index in [0.717, 1.165) is 44.0 Å². The first kappa shape index (κ1) is 20.4. The third kappa shape index (κ3) is 3.71. The molecule has 0 radical (unpaired) electrons. The zero-order valence-corrected chi connectivity index (χ0v) is 17.9. The molecule has 1 spiro atoms. The first-order chi connectivity index (χ1) is 15.0. The summed E-state index contributed by atoms with van der Waals surface area (Å²) in [4.78, 5) is 7.08. The zero-order chi connectivity index (χ0) is 21.5. The van der Waals surface area contributed by atoms with Gasteiger partial charge in [-0.2, -0.15) is 5.10 Å². The number of aliphatic hydroxyl groups is 1. The molecule has 9 heteroatoms. The number of hydrogen-bond donors (Lipinski definition) is 4. The molecule has 2 aromatic heterocycles. The van der Waals surface area contributed by atoms with Crippen LogP contribution >= 0.6 is 0 Å². The number of aromatic nitrogens is 3. The van der Waals surface area contributed by atoms with E-state index in [4.69, 9.17) is 19.9 Å². The summed E-state index contributed by atoms with van der Waals surface area (Å²) in [5, 5.41) is 30.1. The van der Waals surface area contributed by atoms with Gasteiger partial charge in [0.1, 0.15) is 17.5 Å². The molecule has 0 amide bonds. The number of nitrogens with one attached hydrogen (secondary N) is 3. The van der Waals surface area contributed by atoms with Crippen LogP contribution in [0.1, 0.15) is 43.7 Å². The standard InChI is InChI=1S/C22H30N6O3/c1-15-12-30-9-8-28(15)19-10-17(22(29)5-3-21(4-6-22)13-31-14-21)16(11-23)20(26-19)25-18-2-7-24-27-18/h2,7,10-11,15,23,29H,3-6,8-9,12-14H2,1H3,(H2,24,25,26,27). The molecule has 1 saturated carbocycles. The molecule has 5 rings (SSSR count). The van der Waals surface area contributed by atoms with Crippen LogP contribution in [0.25, 0.3) is 0 Å². The summed E-state index contributed by atoms with van der Waals surface area (Å²) in [5.41, 5.74) is 0.611. The number of morpholine rings is 1. The Labute approximate surface area is 181 Å². The molecule has 4 heterocycles. The van der Waals surface area contributed by atoms with Gasteiger partial charge in [-0.25, -0.2) is 4.98 Å². The summed E-state index contributed by atoms with van der Waals surface area (Å²) in [6.07, 6.45) is 6.12. The van der Waals surface area contributed by atoms with Crippen LogP contribution in [0.2, 0.25) is 0 Å². The minimum Gasteiger partial charge on any atom is -0.385 e. The fraction of sp³-hybridized carbons (Fsp3) is 0.591. The van der Waals surface area contributed by atoms with Gasteiger partial charge in [-0.05, 0) is 44.2 Å². The van der Waals surface area contributed by atoms with Crippen LogP contribution in [-0.4, -0.2) is 65.5 Å². The molecule has 0 bridgehead atoms. The molecule has 2 aromatic rings. The van der Waals surface area contributed by atoms with Crippen molar-refractivity contribution in [2.24, 2.45) is 5.41 Å². The number of H-pyrrole nitrogens is 1. The average Bonchev–Trinajstić information content (AvgIpc) is 3.26. The van der Waals surface area contributed by atoms with E-state index in [1.54, 1.807) is 6.20 Å². The second-order valence-electron chi connectivity index (χ2n) is 9.17. The maximum absolute atomic E-state index is 11.8. The number of aromatic amines is 1. The van der Waals surface area contributed by atoms with Gasteiger partial charge in [0.15, 0.2) is 0 Å². The van der Waals surface area contributed by atoms with Gasteiger partial charge in [0.25, 0.3) is 0 Å². The lowest BCUT2D eigenvalue weighted by Gasteiger charge is -2.49. The molecule has 3 fully saturated rings. The fourth-order valence-electron chi connectivity index (χ4n) is 4.98. The van der Waals surface area contributed by atoms with Crippen molar-refractivity contribution in [1.29, 1.82) is 5.41 Å². The van der Waals surface area contributed by atoms with Crippen LogP contribution in [0.15, 0.2) is 18.3 Å². The number of nitrogens with zero attached hydrogens (tertiary/aromatic N) is 3. The van der Waals surface area contributed by atoms with Gasteiger partial charge in [-0.3, -0.25) is 5.10 Å². The molecule has 2 saturated heterocycles. The van der Waals surface area contributed by atoms with Crippen LogP contribution in [0, 0.1) is 10.8 Å². The van der Waals surface area contributed by atoms with E-state index in [0.29, 0.717) is 43.3 Å². The zero-order valence-electron chi connectivity index (χ0n) is 17.9. The highest BCUT2D eigenvalue weighted by Crippen LogP contribution is 2.50. The van der Waals surface area contributed by atoms with Gasteiger partial charge in [-0.1, -0.05) is 0 Å². The van der Waals surface area contributed by atoms with Crippen molar-refractivity contribution in [2.45, 2.75) is 44.2 Å². The molecular weight excluding hydrogens is 396 g/mol. The van der Waals surface area contributed by atoms with E-state index in [-0.39, 0.29) is 11.5 Å². The van der Waals surface area contributed by atoms with Gasteiger partial charge in [0, 0.05) is 29.8 Å². The quantitative estimate of drug-likeness (QED) is 0.543. The summed E-state index contributed by atoms with van der Waals surface area (Å²) in [6.45, 7) is 5.71. The molecule has 31 heavy (non-hydrogen) atoms. The third-order valence-electron chi connectivity index (χ3n) is 7.06. The first-order valence-corrected chi connectivity index (χ1v) is 11.0. The lowest BCUT2D eigenvalue weighted by molar-refractivity contribution is -0.161. The van der Waals surface area contributed by atoms with E-state index in [9.17, 15) is 5.11 Å². The molecule has 0 aromatic carbocycles. The smallest absolute Gasteiger partial charge is 0.143 e. The van der Waals surface area contributed by atoms with Gasteiger partial charge < -0.3 is 30.2 Å². The Morgan fingerprint density at radius 2 is 2.10 bits per heavy atom. The summed E-state index contributed by atoms with van der Waals surface area (Å²) < 4.78 is 11.1. The maximum Gasteiger partial charge on any atom is 0.143 e. The van der Waals surface area contributed by atoms with Gasteiger partial charge in [-0.15, -0.1) is 0 Å². The highest BCUT2D eigenvalue weighted by atomic mass is 16.5. The Morgan fingerprint density at radius 1 is 1.29 bits per heavy atom. The lowest BCUT2D eigenvalue weighted by atomic mass is 9.65. The van der Waals surface area contributed by atoms with Crippen molar-refractivity contribution in [3.63, 3.8) is 0 Å². The van der Waals surface area contributed by atoms with Crippen molar-refractivity contribution in [3.8, 4) is 0 Å². The van der Waals surface area contributed by atoms with E-state index >= 15 is 0 Å². The summed E-state index contributed by atoms with van der Waals surface area (Å²) in [6, 6.07) is 3.97. The van der Waals surface area contributed by atoms with Crippen LogP contribution in [-0.2, 0) is 15.1 Å². The van der Waals surface area contributed by atoms with E-state index in [1.807, 2.05) is 12.1 Å². The second kappa shape index (κ2) is 7.89. The van der Waals surface area contributed by atoms with Crippen LogP contribution in [0.4, 0.5) is 17.5 Å². The normalized spacial score (nSPS) is 24.6. The van der Waals surface area contributed by atoms with Crippen molar-refractivity contribution in [1.82, 2.24) is 15.2 Å². The number of hydrogen-bond acceptors (Lipinski definition) is 8. The molecule has 3 aliphatic rings. The molecule has 4 N–H and O–H groups in total. The Balaban J connectivity index is 1.56. The van der Waals surface area contributed by atoms with Crippen molar-refractivity contribution in [3.05, 3.63) is 29.5 Å². The molecule has 1 aliphatic carbocycles. The Kier molecular flexibility index (Phi) is 5.19. The molecule has 166 valence electrons. The lowest BCUT2D eigenvalue weighted by Crippen LogP contribution is -2.49. The SMILES string of the molecule is CC1COCCN1c1cc(C2(O)CCC3(CC2)COC3)c(C=N)c(Nc2ccn[nH]2)n1. The van der Waals surface area contributed by atoms with Crippen molar-refractivity contribution < 1.29 is 14.6 Å². The largest absolute Gasteiger partial charge is 0.385 e. The van der Waals surface area contributed by atoms with Gasteiger partial charge in [0.2, 0.25) is 0 Å². The Hall–Kier alpha value is -2.49. The molecule has 1 unspecified atom stereocenters. The fourth-order valence-corrected chi connectivity index (χ4v) is 4.98. The Morgan fingerprint density at radius 3 is 2.71 bits per heavy atom. The predicted molar refractivity (Wildman–Crippen MR) is 117 cm³/mol. The topological polar surface area (TPSA) is 119 Å².